The van der Waals surface area contributed by atoms with Crippen molar-refractivity contribution in [2.75, 3.05) is 13.1 Å². The lowest BCUT2D eigenvalue weighted by atomic mass is 10.0. The van der Waals surface area contributed by atoms with E-state index in [1.165, 1.54) is 6.33 Å². The Hall–Kier alpha value is -3.14. The molecule has 3 aromatic heterocycles. The molecule has 1 aliphatic carbocycles. The van der Waals surface area contributed by atoms with Gasteiger partial charge in [-0.3, -0.25) is 4.79 Å². The molecule has 4 heterocycles. The number of likely N-dealkylation sites (tertiary alicyclic amines) is 1. The molecule has 168 valence electrons. The molecule has 3 atom stereocenters. The van der Waals surface area contributed by atoms with Crippen molar-refractivity contribution in [1.29, 1.82) is 0 Å². The molecule has 1 amide bonds. The summed E-state index contributed by atoms with van der Waals surface area (Å²) in [5, 5.41) is 0. The normalized spacial score (nSPS) is 23.2. The number of imidazole rings is 1. The summed E-state index contributed by atoms with van der Waals surface area (Å²) in [6, 6.07) is -0.0221. The van der Waals surface area contributed by atoms with Crippen molar-refractivity contribution in [2.24, 2.45) is 11.7 Å². The van der Waals surface area contributed by atoms with Crippen LogP contribution in [0.25, 0.3) is 22.6 Å². The predicted octanol–water partition coefficient (Wildman–Crippen LogP) is 1.72. The third-order valence-electron chi connectivity index (χ3n) is 6.48. The molecule has 2 aliphatic rings. The molecule has 0 spiro atoms. The van der Waals surface area contributed by atoms with E-state index < -0.39 is 0 Å². The Morgan fingerprint density at radius 2 is 2.00 bits per heavy atom. The predicted molar refractivity (Wildman–Crippen MR) is 118 cm³/mol. The van der Waals surface area contributed by atoms with Gasteiger partial charge in [0, 0.05) is 37.9 Å². The molecule has 0 radical (unpaired) electrons. The van der Waals surface area contributed by atoms with Crippen molar-refractivity contribution in [2.45, 2.75) is 58.2 Å². The van der Waals surface area contributed by atoms with E-state index in [1.807, 2.05) is 23.3 Å². The molecule has 0 bridgehead atoms. The summed E-state index contributed by atoms with van der Waals surface area (Å²) in [4.78, 5) is 36.9. The van der Waals surface area contributed by atoms with Gasteiger partial charge in [-0.1, -0.05) is 6.42 Å². The number of aromatic nitrogens is 6. The summed E-state index contributed by atoms with van der Waals surface area (Å²) in [5.74, 6) is 1.97. The highest BCUT2D eigenvalue weighted by Gasteiger charge is 2.37. The molecule has 10 heteroatoms. The van der Waals surface area contributed by atoms with Gasteiger partial charge in [0.15, 0.2) is 11.2 Å². The Labute approximate surface area is 186 Å². The molecule has 2 unspecified atom stereocenters. The number of nitrogens with two attached hydrogens (primary N) is 1. The van der Waals surface area contributed by atoms with Gasteiger partial charge in [-0.05, 0) is 26.7 Å². The van der Waals surface area contributed by atoms with Crippen LogP contribution in [0.5, 0.6) is 5.88 Å². The highest BCUT2D eigenvalue weighted by molar-refractivity contribution is 5.81. The molecule has 2 fully saturated rings. The molecule has 32 heavy (non-hydrogen) atoms. The number of fused-ring (bicyclic) bond motifs is 1. The summed E-state index contributed by atoms with van der Waals surface area (Å²) in [6.45, 7) is 5.79. The van der Waals surface area contributed by atoms with Gasteiger partial charge in [-0.2, -0.15) is 4.98 Å². The summed E-state index contributed by atoms with van der Waals surface area (Å²) >= 11 is 0. The molecule has 5 rings (SSSR count). The monoisotopic (exact) mass is 436 g/mol. The minimum Gasteiger partial charge on any atom is -0.471 e. The quantitative estimate of drug-likeness (QED) is 0.641. The van der Waals surface area contributed by atoms with E-state index in [0.29, 0.717) is 42.5 Å². The third-order valence-corrected chi connectivity index (χ3v) is 6.48. The number of rotatable bonds is 5. The standard InChI is InChI=1S/C22H28N8O2/c1-3-30-19(14-9-24-13(2)25-10-14)28-18-20(30)26-12-27-21(18)32-15-7-8-29(11-15)22(31)16-5-4-6-17(16)23/h9-10,12,15-17H,3-8,11,23H2,1-2H3/t15-,16?,17?/m0/s1. The van der Waals surface area contributed by atoms with E-state index in [0.717, 1.165) is 37.1 Å². The first-order valence-electron chi connectivity index (χ1n) is 11.3. The Morgan fingerprint density at radius 3 is 2.72 bits per heavy atom. The maximum absolute atomic E-state index is 12.9. The second kappa shape index (κ2) is 8.42. The topological polar surface area (TPSA) is 125 Å². The van der Waals surface area contributed by atoms with E-state index in [-0.39, 0.29) is 24.0 Å². The van der Waals surface area contributed by atoms with Gasteiger partial charge in [0.1, 0.15) is 24.1 Å². The van der Waals surface area contributed by atoms with Crippen molar-refractivity contribution in [3.05, 3.63) is 24.5 Å². The van der Waals surface area contributed by atoms with Crippen LogP contribution in [0.15, 0.2) is 18.7 Å². The number of ether oxygens (including phenoxy) is 1. The zero-order chi connectivity index (χ0) is 22.2. The van der Waals surface area contributed by atoms with Crippen molar-refractivity contribution in [1.82, 2.24) is 34.4 Å². The van der Waals surface area contributed by atoms with Gasteiger partial charge in [0.05, 0.1) is 18.0 Å². The highest BCUT2D eigenvalue weighted by atomic mass is 16.5. The second-order valence-electron chi connectivity index (χ2n) is 8.56. The first kappa shape index (κ1) is 20.7. The van der Waals surface area contributed by atoms with Crippen LogP contribution in [0.4, 0.5) is 0 Å². The van der Waals surface area contributed by atoms with E-state index in [1.54, 1.807) is 12.4 Å². The Morgan fingerprint density at radius 1 is 1.19 bits per heavy atom. The average molecular weight is 437 g/mol. The fourth-order valence-corrected chi connectivity index (χ4v) is 4.74. The van der Waals surface area contributed by atoms with E-state index in [4.69, 9.17) is 15.5 Å². The Kier molecular flexibility index (Phi) is 5.46. The van der Waals surface area contributed by atoms with Crippen LogP contribution < -0.4 is 10.5 Å². The molecule has 0 aromatic carbocycles. The lowest BCUT2D eigenvalue weighted by molar-refractivity contribution is -0.134. The smallest absolute Gasteiger partial charge is 0.245 e. The van der Waals surface area contributed by atoms with Crippen LogP contribution in [0.1, 0.15) is 38.4 Å². The molecule has 10 nitrogen and oxygen atoms in total. The molecule has 1 aliphatic heterocycles. The number of aryl methyl sites for hydroxylation is 2. The van der Waals surface area contributed by atoms with Gasteiger partial charge in [0.2, 0.25) is 11.8 Å². The Balaban J connectivity index is 1.38. The first-order valence-corrected chi connectivity index (χ1v) is 11.3. The van der Waals surface area contributed by atoms with Gasteiger partial charge in [-0.25, -0.2) is 19.9 Å². The summed E-state index contributed by atoms with van der Waals surface area (Å²) < 4.78 is 8.25. The molecule has 3 aromatic rings. The van der Waals surface area contributed by atoms with Crippen LogP contribution >= 0.6 is 0 Å². The maximum Gasteiger partial charge on any atom is 0.245 e. The number of carbonyl (C=O) groups is 1. The first-order chi connectivity index (χ1) is 15.5. The lowest BCUT2D eigenvalue weighted by Gasteiger charge is -2.23. The van der Waals surface area contributed by atoms with Crippen molar-refractivity contribution in [3.63, 3.8) is 0 Å². The van der Waals surface area contributed by atoms with Crippen LogP contribution in [-0.2, 0) is 11.3 Å². The lowest BCUT2D eigenvalue weighted by Crippen LogP contribution is -2.41. The average Bonchev–Trinajstić information content (AvgIpc) is 3.52. The SMILES string of the molecule is CCn1c(-c2cnc(C)nc2)nc2c(O[C@H]3CCN(C(=O)C4CCCC4N)C3)ncnc21. The second-order valence-corrected chi connectivity index (χ2v) is 8.56. The van der Waals surface area contributed by atoms with Crippen LogP contribution in [-0.4, -0.2) is 65.5 Å². The zero-order valence-electron chi connectivity index (χ0n) is 18.4. The number of carbonyl (C=O) groups excluding carboxylic acids is 1. The maximum atomic E-state index is 12.9. The third kappa shape index (κ3) is 3.68. The molecule has 1 saturated carbocycles. The highest BCUT2D eigenvalue weighted by Crippen LogP contribution is 2.30. The van der Waals surface area contributed by atoms with Crippen LogP contribution in [0.3, 0.4) is 0 Å². The van der Waals surface area contributed by atoms with Gasteiger partial charge >= 0.3 is 0 Å². The summed E-state index contributed by atoms with van der Waals surface area (Å²) in [5.41, 5.74) is 8.26. The number of amides is 1. The van der Waals surface area contributed by atoms with Gasteiger partial charge in [-0.15, -0.1) is 0 Å². The number of nitrogens with zero attached hydrogens (tertiary/aromatic N) is 7. The van der Waals surface area contributed by atoms with Crippen molar-refractivity contribution >= 4 is 17.1 Å². The van der Waals surface area contributed by atoms with Gasteiger partial charge < -0.3 is 19.9 Å². The zero-order valence-corrected chi connectivity index (χ0v) is 18.4. The molecular formula is C22H28N8O2. The summed E-state index contributed by atoms with van der Waals surface area (Å²) in [7, 11) is 0. The minimum absolute atomic E-state index is 0.0221. The van der Waals surface area contributed by atoms with E-state index in [9.17, 15) is 4.79 Å². The van der Waals surface area contributed by atoms with Crippen molar-refractivity contribution in [3.8, 4) is 17.3 Å². The summed E-state index contributed by atoms with van der Waals surface area (Å²) in [6.07, 6.45) is 8.48. The molecular weight excluding hydrogens is 408 g/mol. The largest absolute Gasteiger partial charge is 0.471 e. The van der Waals surface area contributed by atoms with Crippen LogP contribution in [0.2, 0.25) is 0 Å². The molecule has 1 saturated heterocycles. The van der Waals surface area contributed by atoms with E-state index in [2.05, 4.69) is 19.9 Å². The fraction of sp³-hybridized carbons (Fsp3) is 0.545. The van der Waals surface area contributed by atoms with E-state index >= 15 is 0 Å². The van der Waals surface area contributed by atoms with Crippen molar-refractivity contribution < 1.29 is 9.53 Å². The minimum atomic E-state index is -0.132. The van der Waals surface area contributed by atoms with Gasteiger partial charge in [0.25, 0.3) is 0 Å². The molecule has 2 N–H and O–H groups in total. The number of hydrogen-bond donors (Lipinski definition) is 1. The fourth-order valence-electron chi connectivity index (χ4n) is 4.74. The van der Waals surface area contributed by atoms with Crippen LogP contribution in [0, 0.1) is 12.8 Å². The number of hydrogen-bond acceptors (Lipinski definition) is 8. The Bertz CT molecular complexity index is 1130.